The third-order valence-corrected chi connectivity index (χ3v) is 9.51. The highest BCUT2D eigenvalue weighted by Gasteiger charge is 2.34. The predicted octanol–water partition coefficient (Wildman–Crippen LogP) is 6.64. The molecule has 0 heterocycles. The highest BCUT2D eigenvalue weighted by atomic mass is 32.2. The average molecular weight is 522 g/mol. The molecule has 0 rings (SSSR count). The lowest BCUT2D eigenvalue weighted by atomic mass is 10.2. The van der Waals surface area contributed by atoms with E-state index in [4.69, 9.17) is 9.26 Å². The second-order valence-electron chi connectivity index (χ2n) is 10.6. The second kappa shape index (κ2) is 18.5. The molecule has 0 saturated carbocycles. The zero-order valence-electron chi connectivity index (χ0n) is 24.3. The number of carbonyl (C=O) groups excluding carboxylic acids is 1. The number of nitrogens with zero attached hydrogens (tertiary/aromatic N) is 3. The molecule has 0 unspecified atom stereocenters. The summed E-state index contributed by atoms with van der Waals surface area (Å²) in [4.78, 5) is 14.6. The van der Waals surface area contributed by atoms with Crippen molar-refractivity contribution < 1.29 is 14.1 Å². The summed E-state index contributed by atoms with van der Waals surface area (Å²) in [5, 5.41) is 0.268. The first kappa shape index (κ1) is 34.2. The standard InChI is InChI=1S/C26H56N3O3PS/c1-20(2)27(21(3)4)15-13-14-26(30)34-19-18-31-16-17-32-33(28(22(5)6)23(7)8)29(24(9)10)25(11)12/h20-25H,13-19H2,1-12H3. The quantitative estimate of drug-likeness (QED) is 0.139. The van der Waals surface area contributed by atoms with Crippen molar-refractivity contribution in [1.82, 2.24) is 14.2 Å². The van der Waals surface area contributed by atoms with Gasteiger partial charge in [0.2, 0.25) is 0 Å². The first-order valence-corrected chi connectivity index (χ1v) is 15.4. The van der Waals surface area contributed by atoms with E-state index >= 15 is 0 Å². The lowest BCUT2D eigenvalue weighted by Gasteiger charge is -2.45. The summed E-state index contributed by atoms with van der Waals surface area (Å²) in [5.41, 5.74) is 0. The summed E-state index contributed by atoms with van der Waals surface area (Å²) in [6.45, 7) is 29.5. The van der Waals surface area contributed by atoms with Crippen molar-refractivity contribution in [2.24, 2.45) is 0 Å². The van der Waals surface area contributed by atoms with Gasteiger partial charge in [0.25, 0.3) is 0 Å². The van der Waals surface area contributed by atoms with Gasteiger partial charge < -0.3 is 9.26 Å². The summed E-state index contributed by atoms with van der Waals surface area (Å²) in [7, 11) is -0.879. The fourth-order valence-electron chi connectivity index (χ4n) is 4.32. The van der Waals surface area contributed by atoms with E-state index in [1.54, 1.807) is 0 Å². The van der Waals surface area contributed by atoms with Crippen LogP contribution in [0, 0.1) is 0 Å². The topological polar surface area (TPSA) is 45.3 Å². The molecule has 0 radical (unpaired) electrons. The van der Waals surface area contributed by atoms with Gasteiger partial charge in [-0.1, -0.05) is 11.8 Å². The molecule has 0 spiro atoms. The van der Waals surface area contributed by atoms with Crippen LogP contribution >= 0.6 is 20.2 Å². The Bertz CT molecular complexity index is 489. The molecule has 0 saturated heterocycles. The van der Waals surface area contributed by atoms with E-state index in [1.165, 1.54) is 11.8 Å². The van der Waals surface area contributed by atoms with E-state index in [0.717, 1.165) is 13.0 Å². The molecule has 0 aliphatic rings. The van der Waals surface area contributed by atoms with E-state index in [1.807, 2.05) is 0 Å². The Balaban J connectivity index is 4.42. The number of thioether (sulfide) groups is 1. The van der Waals surface area contributed by atoms with Crippen LogP contribution in [0.25, 0.3) is 0 Å². The van der Waals surface area contributed by atoms with Crippen molar-refractivity contribution in [2.45, 2.75) is 132 Å². The minimum Gasteiger partial charge on any atom is -0.378 e. The lowest BCUT2D eigenvalue weighted by molar-refractivity contribution is -0.111. The Morgan fingerprint density at radius 2 is 1.18 bits per heavy atom. The van der Waals surface area contributed by atoms with Crippen molar-refractivity contribution in [1.29, 1.82) is 0 Å². The minimum absolute atomic E-state index is 0.268. The van der Waals surface area contributed by atoms with E-state index < -0.39 is 8.45 Å². The monoisotopic (exact) mass is 521 g/mol. The molecule has 0 bridgehead atoms. The van der Waals surface area contributed by atoms with Gasteiger partial charge in [-0.15, -0.1) is 0 Å². The smallest absolute Gasteiger partial charge is 0.189 e. The molecule has 0 aliphatic heterocycles. The van der Waals surface area contributed by atoms with Gasteiger partial charge in [0.05, 0.1) is 19.8 Å². The number of hydrogen-bond donors (Lipinski definition) is 0. The first-order valence-electron chi connectivity index (χ1n) is 13.3. The molecule has 204 valence electrons. The number of hydrogen-bond acceptors (Lipinski definition) is 7. The maximum atomic E-state index is 12.2. The number of rotatable bonds is 19. The summed E-state index contributed by atoms with van der Waals surface area (Å²) in [6, 6.07) is 2.65. The molecule has 0 amide bonds. The molecule has 0 aromatic rings. The summed E-state index contributed by atoms with van der Waals surface area (Å²) >= 11 is 1.40. The van der Waals surface area contributed by atoms with Crippen LogP contribution < -0.4 is 0 Å². The van der Waals surface area contributed by atoms with Crippen LogP contribution in [0.5, 0.6) is 0 Å². The van der Waals surface area contributed by atoms with E-state index in [0.29, 0.717) is 68.2 Å². The largest absolute Gasteiger partial charge is 0.378 e. The summed E-state index contributed by atoms with van der Waals surface area (Å²) < 4.78 is 17.3. The second-order valence-corrected chi connectivity index (χ2v) is 13.4. The van der Waals surface area contributed by atoms with Crippen LogP contribution in [-0.2, 0) is 14.1 Å². The fraction of sp³-hybridized carbons (Fsp3) is 0.962. The molecule has 0 fully saturated rings. The van der Waals surface area contributed by atoms with Crippen LogP contribution in [0.2, 0.25) is 0 Å². The Kier molecular flexibility index (Phi) is 18.6. The fourth-order valence-corrected chi connectivity index (χ4v) is 7.36. The molecular formula is C26H56N3O3PS. The zero-order chi connectivity index (χ0) is 26.4. The predicted molar refractivity (Wildman–Crippen MR) is 152 cm³/mol. The average Bonchev–Trinajstić information content (AvgIpc) is 2.68. The molecule has 0 aromatic heterocycles. The summed E-state index contributed by atoms with van der Waals surface area (Å²) in [5.74, 6) is 0.708. The minimum atomic E-state index is -0.879. The number of ether oxygens (including phenoxy) is 1. The third kappa shape index (κ3) is 13.5. The van der Waals surface area contributed by atoms with Crippen LogP contribution in [0.3, 0.4) is 0 Å². The van der Waals surface area contributed by atoms with Gasteiger partial charge in [0.15, 0.2) is 13.6 Å². The molecular weight excluding hydrogens is 465 g/mol. The van der Waals surface area contributed by atoms with Crippen molar-refractivity contribution in [2.75, 3.05) is 32.1 Å². The van der Waals surface area contributed by atoms with Gasteiger partial charge in [-0.25, -0.2) is 9.34 Å². The van der Waals surface area contributed by atoms with Gasteiger partial charge in [-0.3, -0.25) is 9.69 Å². The maximum Gasteiger partial charge on any atom is 0.189 e. The highest BCUT2D eigenvalue weighted by molar-refractivity contribution is 8.13. The van der Waals surface area contributed by atoms with Crippen LogP contribution in [0.1, 0.15) is 95.9 Å². The Morgan fingerprint density at radius 1 is 0.706 bits per heavy atom. The summed E-state index contributed by atoms with van der Waals surface area (Å²) in [6.07, 6.45) is 1.55. The molecule has 8 heteroatoms. The van der Waals surface area contributed by atoms with Crippen LogP contribution in [0.4, 0.5) is 0 Å². The molecule has 0 aromatic carbocycles. The van der Waals surface area contributed by atoms with E-state index in [2.05, 4.69) is 97.3 Å². The molecule has 0 aliphatic carbocycles. The Morgan fingerprint density at radius 3 is 1.59 bits per heavy atom. The number of carbonyl (C=O) groups is 1. The van der Waals surface area contributed by atoms with Gasteiger partial charge in [0, 0.05) is 48.4 Å². The third-order valence-electron chi connectivity index (χ3n) is 5.56. The van der Waals surface area contributed by atoms with Crippen molar-refractivity contribution in [3.8, 4) is 0 Å². The van der Waals surface area contributed by atoms with Crippen LogP contribution in [0.15, 0.2) is 0 Å². The van der Waals surface area contributed by atoms with Crippen molar-refractivity contribution in [3.05, 3.63) is 0 Å². The van der Waals surface area contributed by atoms with Crippen molar-refractivity contribution in [3.63, 3.8) is 0 Å². The molecule has 6 nitrogen and oxygen atoms in total. The van der Waals surface area contributed by atoms with Crippen LogP contribution in [-0.4, -0.2) is 87.7 Å². The molecule has 34 heavy (non-hydrogen) atoms. The molecule has 0 atom stereocenters. The van der Waals surface area contributed by atoms with E-state index in [9.17, 15) is 4.79 Å². The molecule has 0 N–H and O–H groups in total. The lowest BCUT2D eigenvalue weighted by Crippen LogP contribution is -2.43. The first-order chi connectivity index (χ1) is 15.8. The van der Waals surface area contributed by atoms with Gasteiger partial charge in [0.1, 0.15) is 0 Å². The van der Waals surface area contributed by atoms with E-state index in [-0.39, 0.29) is 5.12 Å². The normalized spacial score (nSPS) is 13.1. The maximum absolute atomic E-state index is 12.2. The van der Waals surface area contributed by atoms with Gasteiger partial charge >= 0.3 is 0 Å². The Hall–Kier alpha value is 0.250. The SMILES string of the molecule is CC(C)N(CCCC(=O)SCCOCCOP(N(C(C)C)C(C)C)N(C(C)C)C(C)C)C(C)C. The Labute approximate surface area is 217 Å². The zero-order valence-corrected chi connectivity index (χ0v) is 26.0. The van der Waals surface area contributed by atoms with Gasteiger partial charge in [-0.05, 0) is 96.1 Å². The van der Waals surface area contributed by atoms with Gasteiger partial charge in [-0.2, -0.15) is 0 Å². The van der Waals surface area contributed by atoms with Crippen molar-refractivity contribution >= 4 is 25.3 Å². The highest BCUT2D eigenvalue weighted by Crippen LogP contribution is 2.50.